The van der Waals surface area contributed by atoms with Gasteiger partial charge in [-0.1, -0.05) is 6.07 Å². The molecule has 1 aromatic rings. The molecule has 4 nitrogen and oxygen atoms in total. The van der Waals surface area contributed by atoms with Crippen molar-refractivity contribution in [1.82, 2.24) is 0 Å². The smallest absolute Gasteiger partial charge is 0.238 e. The molecule has 0 bridgehead atoms. The van der Waals surface area contributed by atoms with Crippen molar-refractivity contribution in [2.75, 3.05) is 0 Å². The third-order valence-corrected chi connectivity index (χ3v) is 3.06. The van der Waals surface area contributed by atoms with E-state index in [4.69, 9.17) is 5.14 Å². The number of primary sulfonamides is 1. The number of sulfonamides is 1. The maximum atomic E-state index is 11.1. The second-order valence-electron chi connectivity index (χ2n) is 2.90. The van der Waals surface area contributed by atoms with E-state index in [2.05, 4.69) is 0 Å². The van der Waals surface area contributed by atoms with Gasteiger partial charge in [-0.3, -0.25) is 0 Å². The lowest BCUT2D eigenvalue weighted by Gasteiger charge is -2.08. The summed E-state index contributed by atoms with van der Waals surface area (Å²) in [5.74, 6) is -0.0605. The first-order chi connectivity index (χ1) is 5.84. The fourth-order valence-corrected chi connectivity index (χ4v) is 2.30. The first kappa shape index (κ1) is 10.0. The predicted molar refractivity (Wildman–Crippen MR) is 49.0 cm³/mol. The number of hydrogen-bond donors (Lipinski definition) is 2. The van der Waals surface area contributed by atoms with E-state index in [0.29, 0.717) is 11.1 Å². The van der Waals surface area contributed by atoms with Crippen LogP contribution < -0.4 is 5.14 Å². The maximum absolute atomic E-state index is 11.1. The minimum Gasteiger partial charge on any atom is -0.508 e. The van der Waals surface area contributed by atoms with Gasteiger partial charge in [-0.2, -0.15) is 0 Å². The summed E-state index contributed by atoms with van der Waals surface area (Å²) in [6, 6.07) is 2.96. The molecule has 3 N–H and O–H groups in total. The quantitative estimate of drug-likeness (QED) is 0.700. The van der Waals surface area contributed by atoms with Gasteiger partial charge in [0.15, 0.2) is 0 Å². The molecule has 0 unspecified atom stereocenters. The molecule has 0 heterocycles. The zero-order valence-corrected chi connectivity index (χ0v) is 8.22. The number of nitrogens with two attached hydrogens (primary N) is 1. The van der Waals surface area contributed by atoms with Crippen LogP contribution in [0.1, 0.15) is 11.1 Å². The van der Waals surface area contributed by atoms with Gasteiger partial charge in [-0.25, -0.2) is 13.6 Å². The van der Waals surface area contributed by atoms with Gasteiger partial charge in [0, 0.05) is 5.56 Å². The highest BCUT2D eigenvalue weighted by Gasteiger charge is 2.16. The van der Waals surface area contributed by atoms with E-state index < -0.39 is 10.0 Å². The Hall–Kier alpha value is -1.07. The Balaban J connectivity index is 3.62. The van der Waals surface area contributed by atoms with Gasteiger partial charge in [-0.15, -0.1) is 0 Å². The average Bonchev–Trinajstić information content (AvgIpc) is 1.95. The fraction of sp³-hybridized carbons (Fsp3) is 0.250. The Morgan fingerprint density at radius 2 is 1.85 bits per heavy atom. The summed E-state index contributed by atoms with van der Waals surface area (Å²) in [6.07, 6.45) is 0. The van der Waals surface area contributed by atoms with E-state index in [9.17, 15) is 13.5 Å². The van der Waals surface area contributed by atoms with Crippen LogP contribution in [0, 0.1) is 13.8 Å². The van der Waals surface area contributed by atoms with Gasteiger partial charge in [0.2, 0.25) is 10.0 Å². The number of aryl methyl sites for hydroxylation is 1. The largest absolute Gasteiger partial charge is 0.508 e. The van der Waals surface area contributed by atoms with Gasteiger partial charge in [0.1, 0.15) is 5.75 Å². The molecule has 0 spiro atoms. The number of hydrogen-bond acceptors (Lipinski definition) is 3. The summed E-state index contributed by atoms with van der Waals surface area (Å²) in [6.45, 7) is 3.15. The third kappa shape index (κ3) is 1.81. The monoisotopic (exact) mass is 201 g/mol. The van der Waals surface area contributed by atoms with E-state index in [1.807, 2.05) is 0 Å². The van der Waals surface area contributed by atoms with Crippen LogP contribution in [0.15, 0.2) is 17.0 Å². The molecule has 0 amide bonds. The molecule has 0 aliphatic heterocycles. The molecule has 13 heavy (non-hydrogen) atoms. The standard InChI is InChI=1S/C8H11NO3S/c1-5-3-4-7(10)6(2)8(5)13(9,11)12/h3-4,10H,1-2H3,(H2,9,11,12). The lowest BCUT2D eigenvalue weighted by molar-refractivity contribution is 0.468. The summed E-state index contributed by atoms with van der Waals surface area (Å²) in [5, 5.41) is 14.3. The molecule has 72 valence electrons. The molecule has 1 aromatic carbocycles. The van der Waals surface area contributed by atoms with Crippen LogP contribution in [0.4, 0.5) is 0 Å². The Morgan fingerprint density at radius 1 is 1.31 bits per heavy atom. The minimum atomic E-state index is -3.75. The van der Waals surface area contributed by atoms with Crippen molar-refractivity contribution in [2.45, 2.75) is 18.7 Å². The Labute approximate surface area is 77.1 Å². The zero-order valence-electron chi connectivity index (χ0n) is 7.40. The summed E-state index contributed by atoms with van der Waals surface area (Å²) < 4.78 is 22.2. The number of aromatic hydroxyl groups is 1. The van der Waals surface area contributed by atoms with Gasteiger partial charge in [0.05, 0.1) is 4.90 Å². The van der Waals surface area contributed by atoms with Crippen molar-refractivity contribution in [2.24, 2.45) is 5.14 Å². The van der Waals surface area contributed by atoms with Crippen LogP contribution in [0.3, 0.4) is 0 Å². The van der Waals surface area contributed by atoms with Crippen molar-refractivity contribution in [3.8, 4) is 5.75 Å². The maximum Gasteiger partial charge on any atom is 0.238 e. The Morgan fingerprint density at radius 3 is 2.23 bits per heavy atom. The fourth-order valence-electron chi connectivity index (χ4n) is 1.25. The molecule has 0 atom stereocenters. The van der Waals surface area contributed by atoms with Crippen LogP contribution >= 0.6 is 0 Å². The van der Waals surface area contributed by atoms with Gasteiger partial charge in [-0.05, 0) is 25.5 Å². The highest BCUT2D eigenvalue weighted by molar-refractivity contribution is 7.89. The van der Waals surface area contributed by atoms with E-state index in [0.717, 1.165) is 0 Å². The average molecular weight is 201 g/mol. The summed E-state index contributed by atoms with van der Waals surface area (Å²) in [5.41, 5.74) is 0.834. The summed E-state index contributed by atoms with van der Waals surface area (Å²) in [4.78, 5) is 0.00694. The summed E-state index contributed by atoms with van der Waals surface area (Å²) in [7, 11) is -3.75. The van der Waals surface area contributed by atoms with E-state index in [1.54, 1.807) is 6.92 Å². The zero-order chi connectivity index (χ0) is 10.2. The number of rotatable bonds is 1. The first-order valence-electron chi connectivity index (χ1n) is 3.66. The molecular weight excluding hydrogens is 190 g/mol. The molecule has 0 aliphatic carbocycles. The SMILES string of the molecule is Cc1ccc(O)c(C)c1S(N)(=O)=O. The Bertz CT molecular complexity index is 437. The van der Waals surface area contributed by atoms with Gasteiger partial charge < -0.3 is 5.11 Å². The highest BCUT2D eigenvalue weighted by atomic mass is 32.2. The molecule has 0 saturated carbocycles. The normalized spacial score (nSPS) is 11.6. The number of benzene rings is 1. The Kier molecular flexibility index (Phi) is 2.32. The molecule has 0 saturated heterocycles. The van der Waals surface area contributed by atoms with Crippen LogP contribution in [0.25, 0.3) is 0 Å². The second-order valence-corrected chi connectivity index (χ2v) is 4.40. The van der Waals surface area contributed by atoms with Crippen LogP contribution in [-0.4, -0.2) is 13.5 Å². The molecule has 0 aliphatic rings. The number of phenols is 1. The minimum absolute atomic E-state index is 0.00694. The first-order valence-corrected chi connectivity index (χ1v) is 5.20. The molecule has 0 radical (unpaired) electrons. The summed E-state index contributed by atoms with van der Waals surface area (Å²) >= 11 is 0. The predicted octanol–water partition coefficient (Wildman–Crippen LogP) is 0.656. The molecular formula is C8H11NO3S. The van der Waals surface area contributed by atoms with Crippen molar-refractivity contribution >= 4 is 10.0 Å². The van der Waals surface area contributed by atoms with E-state index >= 15 is 0 Å². The second kappa shape index (κ2) is 3.01. The van der Waals surface area contributed by atoms with Crippen LogP contribution in [0.2, 0.25) is 0 Å². The molecule has 0 fully saturated rings. The number of phenolic OH excluding ortho intramolecular Hbond substituents is 1. The van der Waals surface area contributed by atoms with Crippen molar-refractivity contribution in [3.63, 3.8) is 0 Å². The van der Waals surface area contributed by atoms with Crippen molar-refractivity contribution in [3.05, 3.63) is 23.3 Å². The molecule has 1 rings (SSSR count). The lowest BCUT2D eigenvalue weighted by Crippen LogP contribution is -2.15. The van der Waals surface area contributed by atoms with Crippen LogP contribution in [-0.2, 0) is 10.0 Å². The van der Waals surface area contributed by atoms with Gasteiger partial charge in [0.25, 0.3) is 0 Å². The topological polar surface area (TPSA) is 80.4 Å². The van der Waals surface area contributed by atoms with Gasteiger partial charge >= 0.3 is 0 Å². The van der Waals surface area contributed by atoms with Crippen LogP contribution in [0.5, 0.6) is 5.75 Å². The van der Waals surface area contributed by atoms with Crippen molar-refractivity contribution < 1.29 is 13.5 Å². The molecule has 0 aromatic heterocycles. The highest BCUT2D eigenvalue weighted by Crippen LogP contribution is 2.25. The van der Waals surface area contributed by atoms with E-state index in [1.165, 1.54) is 19.1 Å². The van der Waals surface area contributed by atoms with Crippen molar-refractivity contribution in [1.29, 1.82) is 0 Å². The lowest BCUT2D eigenvalue weighted by atomic mass is 10.1. The van der Waals surface area contributed by atoms with E-state index in [-0.39, 0.29) is 10.6 Å². The molecule has 5 heteroatoms. The third-order valence-electron chi connectivity index (χ3n) is 1.86.